The van der Waals surface area contributed by atoms with Gasteiger partial charge in [0, 0.05) is 25.9 Å². The van der Waals surface area contributed by atoms with Crippen LogP contribution in [0.15, 0.2) is 0 Å². The lowest BCUT2D eigenvalue weighted by Crippen LogP contribution is -2.48. The number of likely N-dealkylation sites (tertiary alicyclic amines) is 1. The highest BCUT2D eigenvalue weighted by Crippen LogP contribution is 2.23. The quantitative estimate of drug-likeness (QED) is 0.561. The second kappa shape index (κ2) is 4.93. The minimum absolute atomic E-state index is 0.0558. The molecule has 3 N–H and O–H groups in total. The molecular weight excluding hydrogens is 240 g/mol. The van der Waals surface area contributed by atoms with Crippen LogP contribution in [-0.4, -0.2) is 58.1 Å². The molecule has 100 valence electrons. The molecule has 0 spiro atoms. The molecule has 2 aliphatic rings. The van der Waals surface area contributed by atoms with Crippen molar-refractivity contribution in [3.8, 4) is 0 Å². The standard InChI is InChI=1S/C11H16N2O5/c14-7-3-8(11(17)18)13(5-7)10(16)6-1-2-9(15)12-4-6/h6-8,14H,1-5H2,(H,12,15)(H,17,18)/t6?,7-,8+/m1/s1. The van der Waals surface area contributed by atoms with E-state index in [9.17, 15) is 19.5 Å². The molecule has 18 heavy (non-hydrogen) atoms. The zero-order valence-electron chi connectivity index (χ0n) is 9.83. The highest BCUT2D eigenvalue weighted by molar-refractivity contribution is 5.87. The number of aliphatic carboxylic acids is 1. The maximum absolute atomic E-state index is 12.2. The van der Waals surface area contributed by atoms with Crippen molar-refractivity contribution in [2.45, 2.75) is 31.4 Å². The third-order valence-electron chi connectivity index (χ3n) is 3.46. The van der Waals surface area contributed by atoms with E-state index >= 15 is 0 Å². The summed E-state index contributed by atoms with van der Waals surface area (Å²) < 4.78 is 0. The third kappa shape index (κ3) is 2.45. The summed E-state index contributed by atoms with van der Waals surface area (Å²) in [7, 11) is 0. The van der Waals surface area contributed by atoms with Crippen molar-refractivity contribution in [2.24, 2.45) is 5.92 Å². The highest BCUT2D eigenvalue weighted by Gasteiger charge is 2.41. The van der Waals surface area contributed by atoms with E-state index < -0.39 is 18.1 Å². The third-order valence-corrected chi connectivity index (χ3v) is 3.46. The van der Waals surface area contributed by atoms with Crippen molar-refractivity contribution in [2.75, 3.05) is 13.1 Å². The Labute approximate surface area is 104 Å². The Hall–Kier alpha value is -1.63. The van der Waals surface area contributed by atoms with Crippen LogP contribution in [0.1, 0.15) is 19.3 Å². The van der Waals surface area contributed by atoms with Crippen LogP contribution < -0.4 is 5.32 Å². The van der Waals surface area contributed by atoms with Gasteiger partial charge < -0.3 is 20.4 Å². The van der Waals surface area contributed by atoms with Gasteiger partial charge in [0.1, 0.15) is 6.04 Å². The van der Waals surface area contributed by atoms with Gasteiger partial charge in [-0.05, 0) is 6.42 Å². The first kappa shape index (κ1) is 12.8. The SMILES string of the molecule is O=C1CCC(C(=O)N2C[C@H](O)C[C@H]2C(=O)O)CN1. The van der Waals surface area contributed by atoms with E-state index in [2.05, 4.69) is 5.32 Å². The number of carboxylic acid groups (broad SMARTS) is 1. The van der Waals surface area contributed by atoms with Crippen molar-refractivity contribution >= 4 is 17.8 Å². The van der Waals surface area contributed by atoms with Crippen LogP contribution in [0, 0.1) is 5.92 Å². The summed E-state index contributed by atoms with van der Waals surface area (Å²) in [6, 6.07) is -0.954. The molecular formula is C11H16N2O5. The number of nitrogens with zero attached hydrogens (tertiary/aromatic N) is 1. The molecule has 2 heterocycles. The lowest BCUT2D eigenvalue weighted by atomic mass is 9.97. The van der Waals surface area contributed by atoms with Crippen LogP contribution in [-0.2, 0) is 14.4 Å². The van der Waals surface area contributed by atoms with Gasteiger partial charge in [-0.1, -0.05) is 0 Å². The van der Waals surface area contributed by atoms with Crippen LogP contribution in [0.5, 0.6) is 0 Å². The maximum atomic E-state index is 12.2. The van der Waals surface area contributed by atoms with E-state index in [1.54, 1.807) is 0 Å². The maximum Gasteiger partial charge on any atom is 0.326 e. The van der Waals surface area contributed by atoms with Crippen LogP contribution >= 0.6 is 0 Å². The summed E-state index contributed by atoms with van der Waals surface area (Å²) in [5.41, 5.74) is 0. The molecule has 2 aliphatic heterocycles. The normalized spacial score (nSPS) is 32.2. The monoisotopic (exact) mass is 256 g/mol. The topological polar surface area (TPSA) is 107 Å². The summed E-state index contributed by atoms with van der Waals surface area (Å²) in [5, 5.41) is 21.1. The Morgan fingerprint density at radius 3 is 2.67 bits per heavy atom. The molecule has 2 amide bonds. The molecule has 7 nitrogen and oxygen atoms in total. The number of β-amino-alcohol motifs (C(OH)–C–C–N with tert-alkyl or cyclic N) is 1. The van der Waals surface area contributed by atoms with Gasteiger partial charge in [0.05, 0.1) is 12.0 Å². The summed E-state index contributed by atoms with van der Waals surface area (Å²) in [6.07, 6.45) is 0.00196. The number of aliphatic hydroxyl groups excluding tert-OH is 1. The van der Waals surface area contributed by atoms with E-state index in [1.165, 1.54) is 4.90 Å². The van der Waals surface area contributed by atoms with Gasteiger partial charge in [0.25, 0.3) is 0 Å². The fourth-order valence-electron chi connectivity index (χ4n) is 2.47. The average Bonchev–Trinajstić information content (AvgIpc) is 2.71. The van der Waals surface area contributed by atoms with E-state index in [0.29, 0.717) is 6.42 Å². The van der Waals surface area contributed by atoms with Gasteiger partial charge in [0.15, 0.2) is 0 Å². The van der Waals surface area contributed by atoms with Gasteiger partial charge in [-0.25, -0.2) is 4.79 Å². The van der Waals surface area contributed by atoms with Crippen molar-refractivity contribution in [1.82, 2.24) is 10.2 Å². The summed E-state index contributed by atoms with van der Waals surface area (Å²) in [5.74, 6) is -1.86. The van der Waals surface area contributed by atoms with Crippen LogP contribution in [0.3, 0.4) is 0 Å². The molecule has 7 heteroatoms. The first-order chi connectivity index (χ1) is 8.49. The number of aliphatic hydroxyl groups is 1. The summed E-state index contributed by atoms with van der Waals surface area (Å²) >= 11 is 0. The molecule has 0 aliphatic carbocycles. The Balaban J connectivity index is 2.03. The number of nitrogens with one attached hydrogen (secondary N) is 1. The fraction of sp³-hybridized carbons (Fsp3) is 0.727. The van der Waals surface area contributed by atoms with Crippen LogP contribution in [0.25, 0.3) is 0 Å². The lowest BCUT2D eigenvalue weighted by Gasteiger charge is -2.28. The number of hydrogen-bond acceptors (Lipinski definition) is 4. The molecule has 2 rings (SSSR count). The van der Waals surface area contributed by atoms with Gasteiger partial charge >= 0.3 is 5.97 Å². The molecule has 0 aromatic heterocycles. The number of hydrogen-bond donors (Lipinski definition) is 3. The second-order valence-corrected chi connectivity index (χ2v) is 4.77. The molecule has 1 unspecified atom stereocenters. The van der Waals surface area contributed by atoms with E-state index in [4.69, 9.17) is 5.11 Å². The molecule has 3 atom stereocenters. The van der Waals surface area contributed by atoms with Gasteiger partial charge in [-0.15, -0.1) is 0 Å². The number of piperidine rings is 1. The molecule has 2 fully saturated rings. The molecule has 2 saturated heterocycles. The lowest BCUT2D eigenvalue weighted by molar-refractivity contribution is -0.150. The minimum Gasteiger partial charge on any atom is -0.480 e. The summed E-state index contributed by atoms with van der Waals surface area (Å²) in [4.78, 5) is 35.4. The number of carboxylic acids is 1. The van der Waals surface area contributed by atoms with Crippen LogP contribution in [0.4, 0.5) is 0 Å². The van der Waals surface area contributed by atoms with Crippen molar-refractivity contribution in [3.63, 3.8) is 0 Å². The molecule has 0 radical (unpaired) electrons. The smallest absolute Gasteiger partial charge is 0.326 e. The van der Waals surface area contributed by atoms with Gasteiger partial charge in [-0.2, -0.15) is 0 Å². The van der Waals surface area contributed by atoms with Crippen molar-refractivity contribution in [3.05, 3.63) is 0 Å². The number of carbonyl (C=O) groups is 3. The number of amides is 2. The summed E-state index contributed by atoms with van der Waals surface area (Å²) in [6.45, 7) is 0.302. The van der Waals surface area contributed by atoms with E-state index in [-0.39, 0.29) is 43.7 Å². The Kier molecular flexibility index (Phi) is 3.51. The Morgan fingerprint density at radius 2 is 2.11 bits per heavy atom. The van der Waals surface area contributed by atoms with Crippen molar-refractivity contribution < 1.29 is 24.6 Å². The number of carbonyl (C=O) groups excluding carboxylic acids is 2. The molecule has 0 bridgehead atoms. The largest absolute Gasteiger partial charge is 0.480 e. The predicted molar refractivity (Wildman–Crippen MR) is 59.5 cm³/mol. The molecule has 0 aromatic rings. The zero-order chi connectivity index (χ0) is 13.3. The number of rotatable bonds is 2. The van der Waals surface area contributed by atoms with Gasteiger partial charge in [0.2, 0.25) is 11.8 Å². The van der Waals surface area contributed by atoms with Gasteiger partial charge in [-0.3, -0.25) is 9.59 Å². The average molecular weight is 256 g/mol. The Morgan fingerprint density at radius 1 is 1.39 bits per heavy atom. The first-order valence-electron chi connectivity index (χ1n) is 5.97. The fourth-order valence-corrected chi connectivity index (χ4v) is 2.47. The minimum atomic E-state index is -1.10. The van der Waals surface area contributed by atoms with E-state index in [1.807, 2.05) is 0 Å². The molecule has 0 saturated carbocycles. The van der Waals surface area contributed by atoms with Crippen molar-refractivity contribution in [1.29, 1.82) is 0 Å². The second-order valence-electron chi connectivity index (χ2n) is 4.77. The Bertz CT molecular complexity index is 374. The highest BCUT2D eigenvalue weighted by atomic mass is 16.4. The predicted octanol–water partition coefficient (Wildman–Crippen LogP) is -1.44. The van der Waals surface area contributed by atoms with E-state index in [0.717, 1.165) is 0 Å². The first-order valence-corrected chi connectivity index (χ1v) is 5.97. The molecule has 0 aromatic carbocycles. The zero-order valence-corrected chi connectivity index (χ0v) is 9.83. The van der Waals surface area contributed by atoms with Crippen LogP contribution in [0.2, 0.25) is 0 Å².